The monoisotopic (exact) mass is 418 g/mol. The van der Waals surface area contributed by atoms with Gasteiger partial charge in [0.05, 0.1) is 0 Å². The first-order valence-electron chi connectivity index (χ1n) is 10.6. The summed E-state index contributed by atoms with van der Waals surface area (Å²) in [6, 6.07) is 5.89. The Bertz CT molecular complexity index is 1000. The van der Waals surface area contributed by atoms with Crippen LogP contribution >= 0.6 is 0 Å². The highest BCUT2D eigenvalue weighted by atomic mass is 32.2. The lowest BCUT2D eigenvalue weighted by Crippen LogP contribution is -2.54. The molecule has 0 spiro atoms. The van der Waals surface area contributed by atoms with Crippen molar-refractivity contribution in [3.63, 3.8) is 0 Å². The van der Waals surface area contributed by atoms with Crippen molar-refractivity contribution in [2.75, 3.05) is 39.3 Å². The average molecular weight is 419 g/mol. The molecule has 0 unspecified atom stereocenters. The number of nitrogens with one attached hydrogen (secondary N) is 1. The minimum atomic E-state index is -3.45. The van der Waals surface area contributed by atoms with Crippen molar-refractivity contribution in [3.05, 3.63) is 35.0 Å². The molecule has 8 heteroatoms. The number of carbonyl (C=O) groups excluding carboxylic acids is 1. The Hall–Kier alpha value is -1.90. The molecule has 1 aromatic carbocycles. The first-order valence-corrected chi connectivity index (χ1v) is 12.0. The van der Waals surface area contributed by atoms with Crippen molar-refractivity contribution in [2.24, 2.45) is 0 Å². The molecule has 158 valence electrons. The number of aromatic amines is 1. The molecule has 0 radical (unpaired) electrons. The number of hydrogen-bond acceptors (Lipinski definition) is 3. The molecule has 7 nitrogen and oxygen atoms in total. The molecule has 1 aliphatic carbocycles. The number of H-pyrrole nitrogens is 1. The number of benzene rings is 1. The van der Waals surface area contributed by atoms with Crippen LogP contribution < -0.4 is 0 Å². The minimum Gasteiger partial charge on any atom is -0.358 e. The van der Waals surface area contributed by atoms with E-state index >= 15 is 0 Å². The third kappa shape index (κ3) is 3.69. The Morgan fingerprint density at radius 2 is 1.76 bits per heavy atom. The minimum absolute atomic E-state index is 0.0162. The largest absolute Gasteiger partial charge is 0.358 e. The van der Waals surface area contributed by atoms with E-state index in [0.29, 0.717) is 44.8 Å². The van der Waals surface area contributed by atoms with Gasteiger partial charge in [-0.15, -0.1) is 0 Å². The molecule has 29 heavy (non-hydrogen) atoms. The van der Waals surface area contributed by atoms with Gasteiger partial charge in [-0.1, -0.05) is 13.8 Å². The molecule has 1 fully saturated rings. The van der Waals surface area contributed by atoms with Crippen LogP contribution in [0.25, 0.3) is 10.9 Å². The van der Waals surface area contributed by atoms with E-state index in [2.05, 4.69) is 4.98 Å². The molecule has 1 aromatic heterocycles. The number of aryl methyl sites for hydroxylation is 2. The Labute approximate surface area is 172 Å². The summed E-state index contributed by atoms with van der Waals surface area (Å²) in [6.07, 6.45) is 4.55. The van der Waals surface area contributed by atoms with Crippen LogP contribution in [0.1, 0.15) is 48.3 Å². The highest BCUT2D eigenvalue weighted by Crippen LogP contribution is 2.30. The molecular weight excluding hydrogens is 388 g/mol. The standard InChI is InChI=1S/C21H30N4O3S/c1-3-24(4-2)29(27,28)25-13-11-23(12-14-25)21(26)16-9-10-20-18(15-16)17-7-5-6-8-19(17)22-20/h9-10,15,22H,3-8,11-14H2,1-2H3. The lowest BCUT2D eigenvalue weighted by atomic mass is 9.95. The van der Waals surface area contributed by atoms with E-state index in [9.17, 15) is 13.2 Å². The molecule has 4 rings (SSSR count). The molecule has 1 N–H and O–H groups in total. The molecule has 2 aliphatic rings. The number of nitrogens with zero attached hydrogens (tertiary/aromatic N) is 3. The summed E-state index contributed by atoms with van der Waals surface area (Å²) in [4.78, 5) is 18.3. The van der Waals surface area contributed by atoms with Gasteiger partial charge in [-0.05, 0) is 49.4 Å². The zero-order valence-electron chi connectivity index (χ0n) is 17.3. The van der Waals surface area contributed by atoms with Gasteiger partial charge >= 0.3 is 0 Å². The van der Waals surface area contributed by atoms with Crippen LogP contribution in [0.4, 0.5) is 0 Å². The highest BCUT2D eigenvalue weighted by Gasteiger charge is 2.32. The third-order valence-electron chi connectivity index (χ3n) is 6.23. The van der Waals surface area contributed by atoms with Crippen LogP contribution in [0, 0.1) is 0 Å². The van der Waals surface area contributed by atoms with Gasteiger partial charge in [0.15, 0.2) is 0 Å². The van der Waals surface area contributed by atoms with Crippen LogP contribution in [-0.4, -0.2) is 72.1 Å². The van der Waals surface area contributed by atoms with Gasteiger partial charge in [0.2, 0.25) is 0 Å². The van der Waals surface area contributed by atoms with E-state index in [0.717, 1.165) is 23.7 Å². The molecular formula is C21H30N4O3S. The van der Waals surface area contributed by atoms with E-state index in [1.54, 1.807) is 4.90 Å². The number of aromatic nitrogens is 1. The van der Waals surface area contributed by atoms with Gasteiger partial charge in [0.25, 0.3) is 16.1 Å². The first-order chi connectivity index (χ1) is 14.0. The fourth-order valence-corrected chi connectivity index (χ4v) is 6.16. The third-order valence-corrected chi connectivity index (χ3v) is 8.42. The number of hydrogen-bond donors (Lipinski definition) is 1. The second kappa shape index (κ2) is 8.08. The van der Waals surface area contributed by atoms with Gasteiger partial charge < -0.3 is 9.88 Å². The summed E-state index contributed by atoms with van der Waals surface area (Å²) in [7, 11) is -3.45. The molecule has 2 aromatic rings. The quantitative estimate of drug-likeness (QED) is 0.810. The molecule has 0 bridgehead atoms. The Morgan fingerprint density at radius 1 is 1.07 bits per heavy atom. The van der Waals surface area contributed by atoms with Crippen molar-refractivity contribution >= 4 is 27.0 Å². The SMILES string of the molecule is CCN(CC)S(=O)(=O)N1CCN(C(=O)c2ccc3[nH]c4c(c3c2)CCCC4)CC1. The van der Waals surface area contributed by atoms with Crippen molar-refractivity contribution in [3.8, 4) is 0 Å². The van der Waals surface area contributed by atoms with Crippen molar-refractivity contribution in [1.29, 1.82) is 0 Å². The van der Waals surface area contributed by atoms with Crippen LogP contribution in [0.2, 0.25) is 0 Å². The van der Waals surface area contributed by atoms with Gasteiger partial charge in [-0.25, -0.2) is 0 Å². The predicted molar refractivity (Wildman–Crippen MR) is 114 cm³/mol. The maximum Gasteiger partial charge on any atom is 0.282 e. The van der Waals surface area contributed by atoms with Gasteiger partial charge in [-0.2, -0.15) is 17.0 Å². The summed E-state index contributed by atoms with van der Waals surface area (Å²) >= 11 is 0. The first kappa shape index (κ1) is 20.4. The van der Waals surface area contributed by atoms with E-state index < -0.39 is 10.2 Å². The number of carbonyl (C=O) groups is 1. The summed E-state index contributed by atoms with van der Waals surface area (Å²) in [5, 5.41) is 1.16. The van der Waals surface area contributed by atoms with E-state index in [1.807, 2.05) is 32.0 Å². The lowest BCUT2D eigenvalue weighted by Gasteiger charge is -2.36. The second-order valence-electron chi connectivity index (χ2n) is 7.83. The molecule has 2 heterocycles. The normalized spacial score (nSPS) is 18.4. The molecule has 1 amide bonds. The maximum absolute atomic E-state index is 13.1. The maximum atomic E-state index is 13.1. The van der Waals surface area contributed by atoms with Crippen LogP contribution in [-0.2, 0) is 23.1 Å². The average Bonchev–Trinajstić information content (AvgIpc) is 3.12. The Kier molecular flexibility index (Phi) is 5.68. The van der Waals surface area contributed by atoms with E-state index in [-0.39, 0.29) is 5.91 Å². The number of amides is 1. The highest BCUT2D eigenvalue weighted by molar-refractivity contribution is 7.86. The zero-order chi connectivity index (χ0) is 20.6. The Morgan fingerprint density at radius 3 is 2.45 bits per heavy atom. The molecule has 0 saturated carbocycles. The smallest absolute Gasteiger partial charge is 0.282 e. The van der Waals surface area contributed by atoms with Crippen molar-refractivity contribution in [2.45, 2.75) is 39.5 Å². The van der Waals surface area contributed by atoms with Gasteiger partial charge in [0.1, 0.15) is 0 Å². The van der Waals surface area contributed by atoms with E-state index in [4.69, 9.17) is 0 Å². The second-order valence-corrected chi connectivity index (χ2v) is 9.76. The summed E-state index contributed by atoms with van der Waals surface area (Å²) in [6.45, 7) is 6.12. The topological polar surface area (TPSA) is 76.7 Å². The Balaban J connectivity index is 1.49. The predicted octanol–water partition coefficient (Wildman–Crippen LogP) is 2.39. The summed E-state index contributed by atoms with van der Waals surface area (Å²) in [5.74, 6) is -0.0162. The van der Waals surface area contributed by atoms with Crippen molar-refractivity contribution < 1.29 is 13.2 Å². The zero-order valence-corrected chi connectivity index (χ0v) is 18.1. The number of rotatable bonds is 5. The van der Waals surface area contributed by atoms with Crippen LogP contribution in [0.3, 0.4) is 0 Å². The van der Waals surface area contributed by atoms with E-state index in [1.165, 1.54) is 32.7 Å². The lowest BCUT2D eigenvalue weighted by molar-refractivity contribution is 0.0694. The molecule has 0 atom stereocenters. The van der Waals surface area contributed by atoms with Gasteiger partial charge in [-0.3, -0.25) is 4.79 Å². The fraction of sp³-hybridized carbons (Fsp3) is 0.571. The van der Waals surface area contributed by atoms with Crippen LogP contribution in [0.15, 0.2) is 18.2 Å². The molecule has 1 saturated heterocycles. The molecule has 1 aliphatic heterocycles. The summed E-state index contributed by atoms with van der Waals surface area (Å²) < 4.78 is 28.3. The number of piperazine rings is 1. The fourth-order valence-electron chi connectivity index (χ4n) is 4.56. The number of fused-ring (bicyclic) bond motifs is 3. The van der Waals surface area contributed by atoms with Gasteiger partial charge in [0, 0.05) is 61.4 Å². The summed E-state index contributed by atoms with van der Waals surface area (Å²) in [5.41, 5.74) is 4.45. The van der Waals surface area contributed by atoms with Crippen molar-refractivity contribution in [1.82, 2.24) is 18.5 Å². The van der Waals surface area contributed by atoms with Crippen LogP contribution in [0.5, 0.6) is 0 Å².